The lowest BCUT2D eigenvalue weighted by molar-refractivity contribution is -0.858. The van der Waals surface area contributed by atoms with Gasteiger partial charge in [0.2, 0.25) is 0 Å². The van der Waals surface area contributed by atoms with Gasteiger partial charge in [0.15, 0.2) is 0 Å². The van der Waals surface area contributed by atoms with Crippen LogP contribution in [0.5, 0.6) is 0 Å². The lowest BCUT2D eigenvalue weighted by atomic mass is 10.4. The second kappa shape index (κ2) is 2.46. The van der Waals surface area contributed by atoms with Gasteiger partial charge in [0.1, 0.15) is 0 Å². The van der Waals surface area contributed by atoms with E-state index in [1.165, 1.54) is 31.1 Å². The van der Waals surface area contributed by atoms with Gasteiger partial charge in [-0.1, -0.05) is 0 Å². The maximum Gasteiger partial charge on any atom is 0.0660 e. The first-order chi connectivity index (χ1) is 3.79. The van der Waals surface area contributed by atoms with Crippen molar-refractivity contribution in [1.82, 2.24) is 4.90 Å². The van der Waals surface area contributed by atoms with E-state index in [2.05, 4.69) is 19.0 Å². The highest BCUT2D eigenvalue weighted by atomic mass is 15.2. The van der Waals surface area contributed by atoms with E-state index in [1.807, 2.05) is 0 Å². The molecule has 2 heteroatoms. The molecule has 0 radical (unpaired) electrons. The summed E-state index contributed by atoms with van der Waals surface area (Å²) < 4.78 is 0. The summed E-state index contributed by atoms with van der Waals surface area (Å²) in [7, 11) is 6.08. The van der Waals surface area contributed by atoms with Crippen LogP contribution in [-0.4, -0.2) is 38.1 Å². The van der Waals surface area contributed by atoms with Crippen molar-refractivity contribution in [3.05, 3.63) is 7.05 Å². The lowest BCUT2D eigenvalue weighted by Crippen LogP contribution is -3.09. The second-order valence-corrected chi connectivity index (χ2v) is 2.55. The third kappa shape index (κ3) is 1.46. The molecule has 1 fully saturated rings. The number of likely N-dealkylation sites (N-methyl/N-ethyl adjacent to an activating group) is 1. The molecule has 0 saturated carbocycles. The van der Waals surface area contributed by atoms with Crippen molar-refractivity contribution in [2.45, 2.75) is 0 Å². The Balaban J connectivity index is 2.19. The van der Waals surface area contributed by atoms with Gasteiger partial charge in [0, 0.05) is 13.1 Å². The minimum absolute atomic E-state index is 1.20. The number of hydrogen-bond donors (Lipinski definition) is 1. The van der Waals surface area contributed by atoms with Gasteiger partial charge >= 0.3 is 0 Å². The molecule has 0 atom stereocenters. The Morgan fingerprint density at radius 2 is 1.88 bits per heavy atom. The summed E-state index contributed by atoms with van der Waals surface area (Å²) in [5.41, 5.74) is 0. The highest BCUT2D eigenvalue weighted by Crippen LogP contribution is 1.79. The van der Waals surface area contributed by atoms with Gasteiger partial charge in [-0.3, -0.25) is 4.90 Å². The Kier molecular flexibility index (Phi) is 1.86. The quantitative estimate of drug-likeness (QED) is 0.381. The SMILES string of the molecule is [CH2-][NH+]1CCN(C)CC1. The van der Waals surface area contributed by atoms with Crippen molar-refractivity contribution < 1.29 is 4.90 Å². The second-order valence-electron chi connectivity index (χ2n) is 2.55. The molecule has 1 rings (SSSR count). The van der Waals surface area contributed by atoms with Crippen LogP contribution in [0.4, 0.5) is 0 Å². The predicted octanol–water partition coefficient (Wildman–Crippen LogP) is -1.39. The number of piperazine rings is 1. The lowest BCUT2D eigenvalue weighted by Gasteiger charge is -2.31. The fraction of sp³-hybridized carbons (Fsp3) is 0.833. The van der Waals surface area contributed by atoms with Gasteiger partial charge in [-0.25, -0.2) is 0 Å². The summed E-state index contributed by atoms with van der Waals surface area (Å²) in [6, 6.07) is 0. The van der Waals surface area contributed by atoms with Crippen molar-refractivity contribution in [2.24, 2.45) is 0 Å². The van der Waals surface area contributed by atoms with Gasteiger partial charge in [-0.05, 0) is 7.05 Å². The number of nitrogens with one attached hydrogen (secondary N) is 1. The van der Waals surface area contributed by atoms with Gasteiger partial charge < -0.3 is 4.90 Å². The normalized spacial score (nSPS) is 26.2. The summed E-state index contributed by atoms with van der Waals surface area (Å²) in [5, 5.41) is 0. The highest BCUT2D eigenvalue weighted by molar-refractivity contribution is 4.52. The molecule has 0 aromatic carbocycles. The van der Waals surface area contributed by atoms with Crippen LogP contribution in [0.15, 0.2) is 0 Å². The largest absolute Gasteiger partial charge is 0.466 e. The predicted molar refractivity (Wildman–Crippen MR) is 33.6 cm³/mol. The topological polar surface area (TPSA) is 7.68 Å². The molecule has 0 aromatic heterocycles. The number of rotatable bonds is 0. The minimum Gasteiger partial charge on any atom is -0.466 e. The van der Waals surface area contributed by atoms with Crippen molar-refractivity contribution >= 4 is 0 Å². The van der Waals surface area contributed by atoms with E-state index in [4.69, 9.17) is 0 Å². The van der Waals surface area contributed by atoms with Crippen LogP contribution in [0.25, 0.3) is 0 Å². The fourth-order valence-electron chi connectivity index (χ4n) is 0.935. The van der Waals surface area contributed by atoms with Crippen LogP contribution in [0.3, 0.4) is 0 Å². The molecule has 1 aliphatic heterocycles. The Morgan fingerprint density at radius 3 is 2.25 bits per heavy atom. The summed E-state index contributed by atoms with van der Waals surface area (Å²) in [5.74, 6) is 0. The van der Waals surface area contributed by atoms with Crippen LogP contribution in [0.2, 0.25) is 0 Å². The molecule has 0 unspecified atom stereocenters. The monoisotopic (exact) mass is 114 g/mol. The van der Waals surface area contributed by atoms with E-state index in [0.29, 0.717) is 0 Å². The van der Waals surface area contributed by atoms with E-state index in [0.717, 1.165) is 0 Å². The van der Waals surface area contributed by atoms with Gasteiger partial charge in [0.05, 0.1) is 13.1 Å². The standard InChI is InChI=1S/C6H14N2/c1-7-3-5-8(2)6-4-7/h7H,1,3-6H2,2H3. The molecule has 1 heterocycles. The first kappa shape index (κ1) is 6.05. The molecule has 48 valence electrons. The Bertz CT molecular complexity index is 54.9. The molecule has 8 heavy (non-hydrogen) atoms. The van der Waals surface area contributed by atoms with Crippen LogP contribution in [0, 0.1) is 7.05 Å². The fourth-order valence-corrected chi connectivity index (χ4v) is 0.935. The third-order valence-electron chi connectivity index (χ3n) is 1.69. The van der Waals surface area contributed by atoms with E-state index in [1.54, 1.807) is 0 Å². The molecule has 1 saturated heterocycles. The Labute approximate surface area is 51.1 Å². The molecule has 2 nitrogen and oxygen atoms in total. The summed E-state index contributed by atoms with van der Waals surface area (Å²) in [6.45, 7) is 4.82. The molecular weight excluding hydrogens is 100 g/mol. The Hall–Kier alpha value is -0.0800. The zero-order valence-corrected chi connectivity index (χ0v) is 5.48. The number of nitrogens with zero attached hydrogens (tertiary/aromatic N) is 1. The van der Waals surface area contributed by atoms with Gasteiger partial charge in [-0.2, -0.15) is 7.05 Å². The van der Waals surface area contributed by atoms with E-state index >= 15 is 0 Å². The first-order valence-corrected chi connectivity index (χ1v) is 3.14. The van der Waals surface area contributed by atoms with Gasteiger partial charge in [-0.15, -0.1) is 0 Å². The molecule has 0 spiro atoms. The van der Waals surface area contributed by atoms with Crippen molar-refractivity contribution in [3.63, 3.8) is 0 Å². The maximum atomic E-state index is 3.92. The minimum atomic E-state index is 1.20. The highest BCUT2D eigenvalue weighted by Gasteiger charge is 2.07. The molecule has 0 aromatic rings. The van der Waals surface area contributed by atoms with Crippen LogP contribution in [-0.2, 0) is 0 Å². The van der Waals surface area contributed by atoms with E-state index in [9.17, 15) is 0 Å². The van der Waals surface area contributed by atoms with Crippen molar-refractivity contribution in [2.75, 3.05) is 33.2 Å². The van der Waals surface area contributed by atoms with Crippen LogP contribution < -0.4 is 4.90 Å². The molecule has 0 bridgehead atoms. The van der Waals surface area contributed by atoms with Crippen LogP contribution in [0.1, 0.15) is 0 Å². The zero-order valence-electron chi connectivity index (χ0n) is 5.48. The summed E-state index contributed by atoms with van der Waals surface area (Å²) in [6.07, 6.45) is 0. The zero-order chi connectivity index (χ0) is 5.98. The molecule has 1 aliphatic rings. The van der Waals surface area contributed by atoms with Gasteiger partial charge in [0.25, 0.3) is 0 Å². The summed E-state index contributed by atoms with van der Waals surface area (Å²) >= 11 is 0. The summed E-state index contributed by atoms with van der Waals surface area (Å²) in [4.78, 5) is 3.76. The third-order valence-corrected chi connectivity index (χ3v) is 1.69. The first-order valence-electron chi connectivity index (χ1n) is 3.14. The average molecular weight is 114 g/mol. The Morgan fingerprint density at radius 1 is 1.38 bits per heavy atom. The average Bonchev–Trinajstić information content (AvgIpc) is 1.77. The number of hydrogen-bond acceptors (Lipinski definition) is 1. The maximum absolute atomic E-state index is 3.92. The van der Waals surface area contributed by atoms with E-state index in [-0.39, 0.29) is 0 Å². The molecule has 1 N–H and O–H groups in total. The van der Waals surface area contributed by atoms with E-state index < -0.39 is 0 Å². The van der Waals surface area contributed by atoms with Crippen molar-refractivity contribution in [3.8, 4) is 0 Å². The van der Waals surface area contributed by atoms with Crippen molar-refractivity contribution in [1.29, 1.82) is 0 Å². The smallest absolute Gasteiger partial charge is 0.0660 e. The van der Waals surface area contributed by atoms with Crippen LogP contribution >= 0.6 is 0 Å². The number of quaternary nitrogens is 1. The molecular formula is C6H14N2. The molecule has 0 aliphatic carbocycles. The molecule has 0 amide bonds.